The maximum absolute atomic E-state index is 13.3. The Bertz CT molecular complexity index is 1060. The summed E-state index contributed by atoms with van der Waals surface area (Å²) in [6.07, 6.45) is 5.56. The van der Waals surface area contributed by atoms with E-state index in [2.05, 4.69) is 39.5 Å². The highest BCUT2D eigenvalue weighted by Crippen LogP contribution is 2.24. The summed E-state index contributed by atoms with van der Waals surface area (Å²) in [6, 6.07) is 18.3. The zero-order valence-electron chi connectivity index (χ0n) is 17.4. The first kappa shape index (κ1) is 20.0. The van der Waals surface area contributed by atoms with E-state index >= 15 is 0 Å². The van der Waals surface area contributed by atoms with Crippen LogP contribution in [0.5, 0.6) is 0 Å². The van der Waals surface area contributed by atoms with Gasteiger partial charge in [0, 0.05) is 48.7 Å². The van der Waals surface area contributed by atoms with Crippen LogP contribution in [0.25, 0.3) is 6.08 Å². The van der Waals surface area contributed by atoms with E-state index in [9.17, 15) is 4.79 Å². The Hall–Kier alpha value is -3.31. The molecule has 1 saturated heterocycles. The van der Waals surface area contributed by atoms with E-state index in [0.29, 0.717) is 17.0 Å². The van der Waals surface area contributed by atoms with Crippen molar-refractivity contribution in [2.45, 2.75) is 19.9 Å². The zero-order valence-corrected chi connectivity index (χ0v) is 17.4. The Labute approximate surface area is 177 Å². The average Bonchev–Trinajstić information content (AvgIpc) is 2.80. The summed E-state index contributed by atoms with van der Waals surface area (Å²) in [7, 11) is 0. The lowest BCUT2D eigenvalue weighted by molar-refractivity contribution is 0.103. The number of rotatable bonds is 5. The van der Waals surface area contributed by atoms with E-state index in [-0.39, 0.29) is 11.8 Å². The van der Waals surface area contributed by atoms with Crippen LogP contribution < -0.4 is 10.2 Å². The van der Waals surface area contributed by atoms with E-state index in [1.165, 1.54) is 5.56 Å². The van der Waals surface area contributed by atoms with Crippen LogP contribution in [-0.4, -0.2) is 35.4 Å². The molecule has 1 aliphatic rings. The van der Waals surface area contributed by atoms with Gasteiger partial charge in [-0.05, 0) is 43.7 Å². The number of nitrogens with one attached hydrogen (secondary N) is 1. The fraction of sp³-hybridized carbons (Fsp3) is 0.240. The molecule has 1 fully saturated rings. The number of hydrogen-bond acceptors (Lipinski definition) is 5. The minimum Gasteiger partial charge on any atom is -0.353 e. The van der Waals surface area contributed by atoms with Gasteiger partial charge in [0.1, 0.15) is 11.5 Å². The molecule has 3 heterocycles. The van der Waals surface area contributed by atoms with Gasteiger partial charge in [0.25, 0.3) is 0 Å². The number of aromatic nitrogens is 2. The van der Waals surface area contributed by atoms with Crippen molar-refractivity contribution in [1.29, 1.82) is 0 Å². The minimum absolute atomic E-state index is 0.0923. The van der Waals surface area contributed by atoms with Crippen LogP contribution in [0.15, 0.2) is 66.9 Å². The lowest BCUT2D eigenvalue weighted by Gasteiger charge is -2.35. The van der Waals surface area contributed by atoms with Crippen molar-refractivity contribution in [1.82, 2.24) is 15.3 Å². The van der Waals surface area contributed by atoms with Gasteiger partial charge in [0.2, 0.25) is 5.78 Å². The van der Waals surface area contributed by atoms with Crippen molar-refractivity contribution in [2.24, 2.45) is 0 Å². The predicted molar refractivity (Wildman–Crippen MR) is 121 cm³/mol. The lowest BCUT2D eigenvalue weighted by atomic mass is 10.0. The van der Waals surface area contributed by atoms with E-state index < -0.39 is 0 Å². The van der Waals surface area contributed by atoms with Crippen molar-refractivity contribution < 1.29 is 4.79 Å². The summed E-state index contributed by atoms with van der Waals surface area (Å²) in [5, 5.41) is 3.58. The number of carbonyl (C=O) groups is 1. The van der Waals surface area contributed by atoms with Gasteiger partial charge in [-0.2, -0.15) is 0 Å². The van der Waals surface area contributed by atoms with Crippen molar-refractivity contribution in [2.75, 3.05) is 24.5 Å². The second-order valence-corrected chi connectivity index (χ2v) is 7.44. The highest BCUT2D eigenvalue weighted by atomic mass is 16.1. The lowest BCUT2D eigenvalue weighted by Crippen LogP contribution is -2.46. The molecule has 1 aromatic carbocycles. The second-order valence-electron chi connectivity index (χ2n) is 7.44. The van der Waals surface area contributed by atoms with Crippen molar-refractivity contribution in [3.8, 4) is 0 Å². The van der Waals surface area contributed by atoms with Gasteiger partial charge in [0.15, 0.2) is 0 Å². The molecule has 0 aliphatic carbocycles. The third kappa shape index (κ3) is 4.16. The molecular formula is C25H26N4O. The molecule has 1 unspecified atom stereocenters. The molecule has 0 bridgehead atoms. The normalized spacial score (nSPS) is 16.7. The molecule has 0 amide bonds. The van der Waals surface area contributed by atoms with Crippen molar-refractivity contribution in [3.05, 3.63) is 94.9 Å². The van der Waals surface area contributed by atoms with E-state index in [1.807, 2.05) is 50.3 Å². The Kier molecular flexibility index (Phi) is 6.00. The summed E-state index contributed by atoms with van der Waals surface area (Å²) in [6.45, 7) is 6.31. The molecular weight excluding hydrogens is 372 g/mol. The van der Waals surface area contributed by atoms with Gasteiger partial charge in [-0.3, -0.25) is 9.78 Å². The monoisotopic (exact) mass is 398 g/mol. The fourth-order valence-electron chi connectivity index (χ4n) is 3.85. The topological polar surface area (TPSA) is 58.1 Å². The Balaban J connectivity index is 1.67. The minimum atomic E-state index is -0.0923. The number of nitrogens with zero attached hydrogens (tertiary/aromatic N) is 3. The maximum atomic E-state index is 13.3. The number of anilines is 1. The third-order valence-electron chi connectivity index (χ3n) is 5.43. The van der Waals surface area contributed by atoms with Crippen LogP contribution in [-0.2, 0) is 0 Å². The van der Waals surface area contributed by atoms with Gasteiger partial charge in [-0.25, -0.2) is 4.98 Å². The summed E-state index contributed by atoms with van der Waals surface area (Å²) >= 11 is 0. The third-order valence-corrected chi connectivity index (χ3v) is 5.43. The standard InChI is InChI=1S/C25H26N4O/c1-3-8-20-12-13-23(28-24(20)25(30)21-11-7-14-26-18(21)2)29-16-15-27-22(17-29)19-9-5-4-6-10-19/h3-14,22,27H,15-17H2,1-2H3/b8-3+. The molecule has 5 nitrogen and oxygen atoms in total. The number of allylic oxidation sites excluding steroid dienone is 1. The number of piperazine rings is 1. The zero-order chi connectivity index (χ0) is 20.9. The molecule has 2 aromatic heterocycles. The molecule has 3 aromatic rings. The van der Waals surface area contributed by atoms with Crippen molar-refractivity contribution >= 4 is 17.7 Å². The summed E-state index contributed by atoms with van der Waals surface area (Å²) < 4.78 is 0. The molecule has 30 heavy (non-hydrogen) atoms. The molecule has 152 valence electrons. The number of aryl methyl sites for hydroxylation is 1. The smallest absolute Gasteiger partial charge is 0.213 e. The Morgan fingerprint density at radius 3 is 2.73 bits per heavy atom. The fourth-order valence-corrected chi connectivity index (χ4v) is 3.85. The van der Waals surface area contributed by atoms with Crippen LogP contribution >= 0.6 is 0 Å². The molecule has 1 N–H and O–H groups in total. The van der Waals surface area contributed by atoms with Crippen LogP contribution in [0.1, 0.15) is 45.8 Å². The van der Waals surface area contributed by atoms with Crippen LogP contribution in [0.2, 0.25) is 0 Å². The largest absolute Gasteiger partial charge is 0.353 e. The van der Waals surface area contributed by atoms with Crippen LogP contribution in [0.4, 0.5) is 5.82 Å². The number of benzene rings is 1. The second kappa shape index (κ2) is 9.01. The number of ketones is 1. The van der Waals surface area contributed by atoms with Crippen molar-refractivity contribution in [3.63, 3.8) is 0 Å². The molecule has 1 aliphatic heterocycles. The molecule has 4 rings (SSSR count). The first-order chi connectivity index (χ1) is 14.7. The van der Waals surface area contributed by atoms with E-state index in [1.54, 1.807) is 12.3 Å². The number of pyridine rings is 2. The number of hydrogen-bond donors (Lipinski definition) is 1. The average molecular weight is 399 g/mol. The van der Waals surface area contributed by atoms with Gasteiger partial charge in [-0.15, -0.1) is 0 Å². The van der Waals surface area contributed by atoms with Gasteiger partial charge in [0.05, 0.1) is 0 Å². The highest BCUT2D eigenvalue weighted by molar-refractivity contribution is 6.10. The van der Waals surface area contributed by atoms with E-state index in [4.69, 9.17) is 4.98 Å². The SMILES string of the molecule is C/C=C/c1ccc(N2CCNC(c3ccccc3)C2)nc1C(=O)c1cccnc1C. The molecule has 0 saturated carbocycles. The van der Waals surface area contributed by atoms with Gasteiger partial charge >= 0.3 is 0 Å². The first-order valence-corrected chi connectivity index (χ1v) is 10.3. The van der Waals surface area contributed by atoms with Gasteiger partial charge < -0.3 is 10.2 Å². The molecule has 5 heteroatoms. The van der Waals surface area contributed by atoms with Crippen LogP contribution in [0.3, 0.4) is 0 Å². The quantitative estimate of drug-likeness (QED) is 0.653. The predicted octanol–water partition coefficient (Wildman–Crippen LogP) is 4.20. The first-order valence-electron chi connectivity index (χ1n) is 10.3. The van der Waals surface area contributed by atoms with Crippen LogP contribution in [0, 0.1) is 6.92 Å². The Morgan fingerprint density at radius 1 is 1.13 bits per heavy atom. The molecule has 1 atom stereocenters. The molecule has 0 spiro atoms. The van der Waals surface area contributed by atoms with E-state index in [0.717, 1.165) is 31.0 Å². The molecule has 0 radical (unpaired) electrons. The maximum Gasteiger partial charge on any atom is 0.213 e. The highest BCUT2D eigenvalue weighted by Gasteiger charge is 2.24. The summed E-state index contributed by atoms with van der Waals surface area (Å²) in [5.41, 5.74) is 3.86. The summed E-state index contributed by atoms with van der Waals surface area (Å²) in [4.78, 5) is 24.7. The van der Waals surface area contributed by atoms with Gasteiger partial charge in [-0.1, -0.05) is 42.5 Å². The Morgan fingerprint density at radius 2 is 1.97 bits per heavy atom. The number of carbonyl (C=O) groups excluding carboxylic acids is 1. The summed E-state index contributed by atoms with van der Waals surface area (Å²) in [5.74, 6) is 0.737.